The second-order valence-corrected chi connectivity index (χ2v) is 6.82. The van der Waals surface area contributed by atoms with Gasteiger partial charge in [-0.15, -0.1) is 0 Å². The highest BCUT2D eigenvalue weighted by Crippen LogP contribution is 2.41. The zero-order chi connectivity index (χ0) is 20.7. The molecule has 0 aromatic rings. The van der Waals surface area contributed by atoms with Crippen molar-refractivity contribution >= 4 is 11.9 Å². The molecule has 0 saturated carbocycles. The van der Waals surface area contributed by atoms with Crippen molar-refractivity contribution < 1.29 is 43.9 Å². The number of carbonyl (C=O) groups is 2. The summed E-state index contributed by atoms with van der Waals surface area (Å²) in [6, 6.07) is 0. The van der Waals surface area contributed by atoms with Crippen LogP contribution in [0.3, 0.4) is 0 Å². The minimum Gasteiger partial charge on any atom is -0.469 e. The van der Waals surface area contributed by atoms with Gasteiger partial charge in [0.15, 0.2) is 5.79 Å². The highest BCUT2D eigenvalue weighted by atomic mass is 16.7. The van der Waals surface area contributed by atoms with Crippen molar-refractivity contribution in [3.63, 3.8) is 0 Å². The molecular formula is C18H32O9. The van der Waals surface area contributed by atoms with E-state index in [-0.39, 0.29) is 6.42 Å². The number of rotatable bonds is 11. The fourth-order valence-electron chi connectivity index (χ4n) is 3.37. The smallest absolute Gasteiger partial charge is 0.341 e. The molecule has 0 radical (unpaired) electrons. The number of unbranched alkanes of at least 4 members (excludes halogenated alkanes) is 4. The summed E-state index contributed by atoms with van der Waals surface area (Å²) < 4.78 is 20.1. The lowest BCUT2D eigenvalue weighted by Crippen LogP contribution is -2.56. The van der Waals surface area contributed by atoms with Crippen molar-refractivity contribution in [1.29, 1.82) is 0 Å². The summed E-state index contributed by atoms with van der Waals surface area (Å²) in [6.07, 6.45) is -0.691. The van der Waals surface area contributed by atoms with Crippen molar-refractivity contribution in [3.05, 3.63) is 0 Å². The van der Waals surface area contributed by atoms with Crippen LogP contribution in [-0.2, 0) is 28.5 Å². The van der Waals surface area contributed by atoms with E-state index in [2.05, 4.69) is 16.4 Å². The van der Waals surface area contributed by atoms with Gasteiger partial charge in [0.25, 0.3) is 0 Å². The Bertz CT molecular complexity index is 497. The molecule has 0 aromatic heterocycles. The van der Waals surface area contributed by atoms with E-state index in [1.165, 1.54) is 7.11 Å². The van der Waals surface area contributed by atoms with Crippen LogP contribution >= 0.6 is 0 Å². The van der Waals surface area contributed by atoms with Gasteiger partial charge in [-0.3, -0.25) is 4.79 Å². The van der Waals surface area contributed by atoms with Gasteiger partial charge in [-0.25, -0.2) is 4.79 Å². The zero-order valence-corrected chi connectivity index (χ0v) is 16.5. The maximum absolute atomic E-state index is 12.2. The Hall–Kier alpha value is -1.26. The average molecular weight is 392 g/mol. The van der Waals surface area contributed by atoms with Gasteiger partial charge in [0.05, 0.1) is 20.6 Å². The number of carbonyl (C=O) groups excluding carboxylic acids is 2. The summed E-state index contributed by atoms with van der Waals surface area (Å²) >= 11 is 0. The van der Waals surface area contributed by atoms with Crippen LogP contribution in [0.1, 0.15) is 51.9 Å². The molecule has 9 nitrogen and oxygen atoms in total. The number of ether oxygens (including phenoxy) is 4. The molecule has 1 fully saturated rings. The molecule has 1 heterocycles. The van der Waals surface area contributed by atoms with Crippen LogP contribution in [0, 0.1) is 0 Å². The van der Waals surface area contributed by atoms with Crippen LogP contribution in [0.2, 0.25) is 0 Å². The normalized spacial score (nSPS) is 30.0. The van der Waals surface area contributed by atoms with Gasteiger partial charge in [0.1, 0.15) is 18.3 Å². The summed E-state index contributed by atoms with van der Waals surface area (Å²) in [7, 11) is 3.43. The van der Waals surface area contributed by atoms with Crippen molar-refractivity contribution in [3.8, 4) is 0 Å². The average Bonchev–Trinajstić information content (AvgIpc) is 2.93. The Balaban J connectivity index is 3.02. The van der Waals surface area contributed by atoms with Crippen LogP contribution in [0.5, 0.6) is 0 Å². The number of aliphatic hydroxyl groups excluding tert-OH is 2. The molecule has 1 aliphatic heterocycles. The van der Waals surface area contributed by atoms with Crippen LogP contribution in [-0.4, -0.2) is 78.3 Å². The standard InChI is InChI=1S/C18H32O9/c1-5-6-7-8-9-10-18(26-4)14(21)13(20)15(27-18)17(23,16(22)25-3)11-12(19)24-2/h13-15,20-21,23H,5-11H2,1-4H3/t13-,14-,15-,17-,18+/m1/s1. The third-order valence-electron chi connectivity index (χ3n) is 5.04. The summed E-state index contributed by atoms with van der Waals surface area (Å²) in [5.74, 6) is -3.68. The number of aliphatic hydroxyl groups is 3. The molecule has 9 heteroatoms. The third kappa shape index (κ3) is 5.17. The van der Waals surface area contributed by atoms with Crippen molar-refractivity contribution in [2.75, 3.05) is 21.3 Å². The fraction of sp³-hybridized carbons (Fsp3) is 0.889. The van der Waals surface area contributed by atoms with Crippen LogP contribution in [0.25, 0.3) is 0 Å². The maximum atomic E-state index is 12.2. The predicted molar refractivity (Wildman–Crippen MR) is 93.6 cm³/mol. The molecule has 27 heavy (non-hydrogen) atoms. The van der Waals surface area contributed by atoms with Crippen LogP contribution in [0.15, 0.2) is 0 Å². The Morgan fingerprint density at radius 1 is 1.07 bits per heavy atom. The van der Waals surface area contributed by atoms with E-state index in [1.54, 1.807) is 0 Å². The number of methoxy groups -OCH3 is 3. The largest absolute Gasteiger partial charge is 0.469 e. The highest BCUT2D eigenvalue weighted by molar-refractivity contribution is 5.86. The summed E-state index contributed by atoms with van der Waals surface area (Å²) in [6.45, 7) is 2.09. The Kier molecular flexibility index (Phi) is 9.10. The number of hydrogen-bond donors (Lipinski definition) is 3. The molecular weight excluding hydrogens is 360 g/mol. The van der Waals surface area contributed by atoms with Gasteiger partial charge in [-0.2, -0.15) is 0 Å². The van der Waals surface area contributed by atoms with E-state index < -0.39 is 48.1 Å². The topological polar surface area (TPSA) is 132 Å². The van der Waals surface area contributed by atoms with Crippen molar-refractivity contribution in [1.82, 2.24) is 0 Å². The van der Waals surface area contributed by atoms with E-state index >= 15 is 0 Å². The van der Waals surface area contributed by atoms with Gasteiger partial charge >= 0.3 is 11.9 Å². The predicted octanol–water partition coefficient (Wildman–Crippen LogP) is 0.277. The lowest BCUT2D eigenvalue weighted by molar-refractivity contribution is -0.267. The van der Waals surface area contributed by atoms with Gasteiger partial charge in [-0.1, -0.05) is 32.6 Å². The molecule has 0 amide bonds. The van der Waals surface area contributed by atoms with Gasteiger partial charge in [0.2, 0.25) is 5.60 Å². The van der Waals surface area contributed by atoms with Crippen molar-refractivity contribution in [2.24, 2.45) is 0 Å². The first-order valence-electron chi connectivity index (χ1n) is 9.19. The first-order chi connectivity index (χ1) is 12.7. The molecule has 0 aromatic carbocycles. The number of esters is 2. The van der Waals surface area contributed by atoms with Crippen LogP contribution in [0.4, 0.5) is 0 Å². The molecule has 3 N–H and O–H groups in total. The van der Waals surface area contributed by atoms with E-state index in [9.17, 15) is 24.9 Å². The SMILES string of the molecule is CCCCCCC[C@]1(OC)O[C@@H]([C@](O)(CC(=O)OC)C(=O)OC)[C@H](O)[C@H]1O. The second-order valence-electron chi connectivity index (χ2n) is 6.82. The molecule has 0 bridgehead atoms. The first-order valence-corrected chi connectivity index (χ1v) is 9.19. The third-order valence-corrected chi connectivity index (χ3v) is 5.04. The lowest BCUT2D eigenvalue weighted by atomic mass is 9.87. The minimum atomic E-state index is -2.54. The van der Waals surface area contributed by atoms with Gasteiger partial charge < -0.3 is 34.3 Å². The molecule has 0 unspecified atom stereocenters. The summed E-state index contributed by atoms with van der Waals surface area (Å²) in [5, 5.41) is 31.8. The van der Waals surface area contributed by atoms with E-state index in [0.29, 0.717) is 6.42 Å². The lowest BCUT2D eigenvalue weighted by Gasteiger charge is -2.33. The molecule has 1 rings (SSSR count). The van der Waals surface area contributed by atoms with E-state index in [4.69, 9.17) is 9.47 Å². The quantitative estimate of drug-likeness (QED) is 0.335. The summed E-state index contributed by atoms with van der Waals surface area (Å²) in [4.78, 5) is 23.8. The summed E-state index contributed by atoms with van der Waals surface area (Å²) in [5.41, 5.74) is -2.54. The van der Waals surface area contributed by atoms with E-state index in [1.807, 2.05) is 0 Å². The molecule has 0 aliphatic carbocycles. The molecule has 0 spiro atoms. The van der Waals surface area contributed by atoms with Gasteiger partial charge in [0, 0.05) is 13.5 Å². The Labute approximate surface area is 159 Å². The number of hydrogen-bond acceptors (Lipinski definition) is 9. The maximum Gasteiger partial charge on any atom is 0.341 e. The monoisotopic (exact) mass is 392 g/mol. The molecule has 5 atom stereocenters. The van der Waals surface area contributed by atoms with Gasteiger partial charge in [-0.05, 0) is 6.42 Å². The first kappa shape index (κ1) is 23.8. The Morgan fingerprint density at radius 2 is 1.70 bits per heavy atom. The second kappa shape index (κ2) is 10.3. The minimum absolute atomic E-state index is 0.247. The Morgan fingerprint density at radius 3 is 2.22 bits per heavy atom. The van der Waals surface area contributed by atoms with E-state index in [0.717, 1.165) is 39.9 Å². The highest BCUT2D eigenvalue weighted by Gasteiger charge is 2.63. The zero-order valence-electron chi connectivity index (χ0n) is 16.5. The molecule has 158 valence electrons. The van der Waals surface area contributed by atoms with Crippen molar-refractivity contribution in [2.45, 2.75) is 81.6 Å². The van der Waals surface area contributed by atoms with Crippen LogP contribution < -0.4 is 0 Å². The fourth-order valence-corrected chi connectivity index (χ4v) is 3.37. The molecule has 1 aliphatic rings. The molecule has 1 saturated heterocycles.